The van der Waals surface area contributed by atoms with Crippen LogP contribution in [0.4, 0.5) is 0 Å². The number of hydrogen-bond donors (Lipinski definition) is 1. The first kappa shape index (κ1) is 17.5. The van der Waals surface area contributed by atoms with Crippen molar-refractivity contribution in [2.45, 2.75) is 70.3 Å². The highest BCUT2D eigenvalue weighted by Gasteiger charge is 2.39. The molecule has 0 aromatic carbocycles. The van der Waals surface area contributed by atoms with Crippen LogP contribution in [0.5, 0.6) is 0 Å². The van der Waals surface area contributed by atoms with Gasteiger partial charge in [-0.05, 0) is 67.8 Å². The van der Waals surface area contributed by atoms with Gasteiger partial charge < -0.3 is 10.1 Å². The Morgan fingerprint density at radius 2 is 2.00 bits per heavy atom. The van der Waals surface area contributed by atoms with Gasteiger partial charge in [-0.15, -0.1) is 0 Å². The van der Waals surface area contributed by atoms with Crippen LogP contribution in [0.1, 0.15) is 69.8 Å². The molecule has 1 aliphatic heterocycles. The second-order valence-corrected chi connectivity index (χ2v) is 8.27. The lowest BCUT2D eigenvalue weighted by atomic mass is 9.76. The number of dihydropyridines is 1. The molecule has 3 aliphatic rings. The zero-order valence-corrected chi connectivity index (χ0v) is 16.0. The number of allylic oxidation sites excluding steroid dienone is 3. The molecule has 0 radical (unpaired) electrons. The van der Waals surface area contributed by atoms with E-state index in [-0.39, 0.29) is 23.8 Å². The molecule has 0 saturated heterocycles. The summed E-state index contributed by atoms with van der Waals surface area (Å²) in [5.74, 6) is -0.394. The molecule has 0 spiro atoms. The minimum atomic E-state index is -0.290. The predicted molar refractivity (Wildman–Crippen MR) is 102 cm³/mol. The van der Waals surface area contributed by atoms with Crippen LogP contribution < -0.4 is 5.32 Å². The summed E-state index contributed by atoms with van der Waals surface area (Å²) in [4.78, 5) is 25.8. The zero-order valence-electron chi connectivity index (χ0n) is 15.2. The summed E-state index contributed by atoms with van der Waals surface area (Å²) in [7, 11) is 0. The van der Waals surface area contributed by atoms with E-state index < -0.39 is 0 Å². The second kappa shape index (κ2) is 7.39. The highest BCUT2D eigenvalue weighted by atomic mass is 32.1. The van der Waals surface area contributed by atoms with E-state index in [0.717, 1.165) is 61.1 Å². The zero-order chi connectivity index (χ0) is 18.1. The third kappa shape index (κ3) is 3.25. The topological polar surface area (TPSA) is 55.4 Å². The van der Waals surface area contributed by atoms with Crippen LogP contribution in [0.25, 0.3) is 0 Å². The van der Waals surface area contributed by atoms with Gasteiger partial charge in [0, 0.05) is 29.3 Å². The molecule has 4 rings (SSSR count). The van der Waals surface area contributed by atoms with E-state index in [4.69, 9.17) is 4.74 Å². The largest absolute Gasteiger partial charge is 0.459 e. The fourth-order valence-corrected chi connectivity index (χ4v) is 5.11. The molecule has 1 atom stereocenters. The Hall–Kier alpha value is -1.88. The number of hydrogen-bond acceptors (Lipinski definition) is 5. The van der Waals surface area contributed by atoms with Crippen molar-refractivity contribution in [2.75, 3.05) is 0 Å². The highest BCUT2D eigenvalue weighted by molar-refractivity contribution is 7.08. The van der Waals surface area contributed by atoms with Crippen molar-refractivity contribution >= 4 is 23.1 Å². The van der Waals surface area contributed by atoms with E-state index >= 15 is 0 Å². The molecular formula is C21H25NO3S. The van der Waals surface area contributed by atoms with Gasteiger partial charge in [0.15, 0.2) is 5.78 Å². The van der Waals surface area contributed by atoms with Gasteiger partial charge in [-0.1, -0.05) is 6.42 Å². The Balaban J connectivity index is 1.69. The Kier molecular flexibility index (Phi) is 4.98. The maximum Gasteiger partial charge on any atom is 0.337 e. The fourth-order valence-electron chi connectivity index (χ4n) is 4.42. The average Bonchev–Trinajstić information content (AvgIpc) is 3.16. The summed E-state index contributed by atoms with van der Waals surface area (Å²) in [6, 6.07) is 2.02. The van der Waals surface area contributed by atoms with Crippen molar-refractivity contribution < 1.29 is 14.3 Å². The molecule has 1 fully saturated rings. The minimum absolute atomic E-state index is 0.0112. The van der Waals surface area contributed by atoms with Crippen molar-refractivity contribution in [2.24, 2.45) is 0 Å². The molecule has 2 heterocycles. The lowest BCUT2D eigenvalue weighted by Gasteiger charge is -2.34. The number of Topliss-reactive ketones (excluding diaryl/α,β-unsaturated/α-hetero) is 1. The maximum absolute atomic E-state index is 13.1. The van der Waals surface area contributed by atoms with Crippen molar-refractivity contribution in [3.8, 4) is 0 Å². The first-order valence-electron chi connectivity index (χ1n) is 9.62. The quantitative estimate of drug-likeness (QED) is 0.790. The second-order valence-electron chi connectivity index (χ2n) is 7.49. The van der Waals surface area contributed by atoms with E-state index in [1.165, 1.54) is 6.42 Å². The van der Waals surface area contributed by atoms with Crippen LogP contribution in [-0.4, -0.2) is 17.9 Å². The number of nitrogens with one attached hydrogen (secondary N) is 1. The van der Waals surface area contributed by atoms with Crippen LogP contribution in [0.3, 0.4) is 0 Å². The molecule has 1 N–H and O–H groups in total. The minimum Gasteiger partial charge on any atom is -0.459 e. The monoisotopic (exact) mass is 371 g/mol. The molecule has 4 nitrogen and oxygen atoms in total. The van der Waals surface area contributed by atoms with E-state index in [0.29, 0.717) is 12.0 Å². The van der Waals surface area contributed by atoms with Gasteiger partial charge >= 0.3 is 5.97 Å². The van der Waals surface area contributed by atoms with Gasteiger partial charge in [-0.3, -0.25) is 4.79 Å². The van der Waals surface area contributed by atoms with Crippen molar-refractivity contribution in [3.63, 3.8) is 0 Å². The van der Waals surface area contributed by atoms with Gasteiger partial charge in [0.1, 0.15) is 6.10 Å². The standard InChI is InChI=1S/C21H25NO3S/c1-13-18(21(24)25-15-6-3-2-4-7-15)19(14-10-11-26-12-14)20-16(22-13)8-5-9-17(20)23/h10-12,15,19,22H,2-9H2,1H3/t19-/m0/s1. The Morgan fingerprint density at radius 3 is 2.73 bits per heavy atom. The molecule has 0 bridgehead atoms. The molecule has 138 valence electrons. The molecule has 1 saturated carbocycles. The summed E-state index contributed by atoms with van der Waals surface area (Å²) in [6.45, 7) is 1.93. The lowest BCUT2D eigenvalue weighted by molar-refractivity contribution is -0.146. The van der Waals surface area contributed by atoms with Gasteiger partial charge in [0.05, 0.1) is 5.57 Å². The van der Waals surface area contributed by atoms with E-state index in [9.17, 15) is 9.59 Å². The van der Waals surface area contributed by atoms with Crippen LogP contribution in [0, 0.1) is 0 Å². The number of thiophene rings is 1. The van der Waals surface area contributed by atoms with Gasteiger partial charge in [-0.2, -0.15) is 11.3 Å². The Labute approximate surface area is 158 Å². The first-order valence-corrected chi connectivity index (χ1v) is 10.6. The molecule has 5 heteroatoms. The average molecular weight is 372 g/mol. The van der Waals surface area contributed by atoms with Gasteiger partial charge in [-0.25, -0.2) is 4.79 Å². The maximum atomic E-state index is 13.1. The van der Waals surface area contributed by atoms with Crippen molar-refractivity contribution in [1.82, 2.24) is 5.32 Å². The van der Waals surface area contributed by atoms with E-state index in [1.54, 1.807) is 11.3 Å². The van der Waals surface area contributed by atoms with Crippen molar-refractivity contribution in [1.29, 1.82) is 0 Å². The van der Waals surface area contributed by atoms with Crippen molar-refractivity contribution in [3.05, 3.63) is 44.9 Å². The molecule has 0 unspecified atom stereocenters. The van der Waals surface area contributed by atoms with Gasteiger partial charge in [0.25, 0.3) is 0 Å². The number of carbonyl (C=O) groups excluding carboxylic acids is 2. The first-order chi connectivity index (χ1) is 12.6. The summed E-state index contributed by atoms with van der Waals surface area (Å²) >= 11 is 1.60. The number of ether oxygens (including phenoxy) is 1. The summed E-state index contributed by atoms with van der Waals surface area (Å²) in [6.07, 6.45) is 7.66. The summed E-state index contributed by atoms with van der Waals surface area (Å²) < 4.78 is 5.88. The molecular weight excluding hydrogens is 346 g/mol. The number of ketones is 1. The SMILES string of the molecule is CC1=C(C(=O)OC2CCCCC2)[C@H](c2ccsc2)C2=C(CCCC2=O)N1. The van der Waals surface area contributed by atoms with E-state index in [2.05, 4.69) is 5.32 Å². The van der Waals surface area contributed by atoms with Gasteiger partial charge in [0.2, 0.25) is 0 Å². The number of rotatable bonds is 3. The molecule has 2 aliphatic carbocycles. The number of carbonyl (C=O) groups is 2. The highest BCUT2D eigenvalue weighted by Crippen LogP contribution is 2.43. The number of esters is 1. The van der Waals surface area contributed by atoms with Crippen LogP contribution in [0.15, 0.2) is 39.4 Å². The summed E-state index contributed by atoms with van der Waals surface area (Å²) in [5, 5.41) is 7.40. The van der Waals surface area contributed by atoms with Crippen LogP contribution in [0.2, 0.25) is 0 Å². The van der Waals surface area contributed by atoms with E-state index in [1.807, 2.05) is 23.8 Å². The third-order valence-electron chi connectivity index (χ3n) is 5.70. The predicted octanol–water partition coefficient (Wildman–Crippen LogP) is 4.59. The Morgan fingerprint density at radius 1 is 1.19 bits per heavy atom. The van der Waals surface area contributed by atoms with Crippen LogP contribution >= 0.6 is 11.3 Å². The molecule has 1 aromatic rings. The fraction of sp³-hybridized carbons (Fsp3) is 0.524. The molecule has 26 heavy (non-hydrogen) atoms. The smallest absolute Gasteiger partial charge is 0.337 e. The lowest BCUT2D eigenvalue weighted by Crippen LogP contribution is -2.35. The third-order valence-corrected chi connectivity index (χ3v) is 6.40. The normalized spacial score (nSPS) is 24.3. The Bertz CT molecular complexity index is 769. The van der Waals surface area contributed by atoms with Crippen LogP contribution in [-0.2, 0) is 14.3 Å². The summed E-state index contributed by atoms with van der Waals surface area (Å²) in [5.41, 5.74) is 4.23. The molecule has 1 aromatic heterocycles. The molecule has 0 amide bonds.